The number of nitrogens with zero attached hydrogens (tertiary/aromatic N) is 3. The molecule has 0 saturated heterocycles. The fourth-order valence-electron chi connectivity index (χ4n) is 4.32. The number of rotatable bonds is 8. The van der Waals surface area contributed by atoms with Crippen molar-refractivity contribution in [2.24, 2.45) is 0 Å². The van der Waals surface area contributed by atoms with Gasteiger partial charge in [-0.1, -0.05) is 84.1 Å². The Kier molecular flexibility index (Phi) is 7.28. The van der Waals surface area contributed by atoms with Crippen molar-refractivity contribution >= 4 is 35.1 Å². The molecule has 8 nitrogen and oxygen atoms in total. The summed E-state index contributed by atoms with van der Waals surface area (Å²) in [6.45, 7) is 3.83. The molecule has 2 N–H and O–H groups in total. The first kappa shape index (κ1) is 25.3. The molecular formula is C29H27N5O3S. The van der Waals surface area contributed by atoms with Crippen molar-refractivity contribution in [2.45, 2.75) is 25.0 Å². The highest BCUT2D eigenvalue weighted by atomic mass is 32.2. The minimum Gasteiger partial charge on any atom is -0.495 e. The van der Waals surface area contributed by atoms with Crippen molar-refractivity contribution in [1.82, 2.24) is 14.8 Å². The number of amides is 1. The lowest BCUT2D eigenvalue weighted by molar-refractivity contribution is -0.113. The molecule has 0 radical (unpaired) electrons. The van der Waals surface area contributed by atoms with E-state index in [1.54, 1.807) is 23.9 Å². The van der Waals surface area contributed by atoms with Crippen LogP contribution in [0.2, 0.25) is 0 Å². The molecule has 0 saturated carbocycles. The zero-order valence-corrected chi connectivity index (χ0v) is 22.1. The molecule has 1 atom stereocenters. The number of fused-ring (bicyclic) bond motifs is 1. The van der Waals surface area contributed by atoms with E-state index in [0.717, 1.165) is 11.1 Å². The number of carbonyl (C=O) groups excluding carboxylic acids is 2. The Morgan fingerprint density at radius 3 is 2.45 bits per heavy atom. The molecule has 0 bridgehead atoms. The summed E-state index contributed by atoms with van der Waals surface area (Å²) in [7, 11) is 1.56. The van der Waals surface area contributed by atoms with Crippen LogP contribution in [0.5, 0.6) is 5.75 Å². The second kappa shape index (κ2) is 10.9. The number of anilines is 2. The van der Waals surface area contributed by atoms with Gasteiger partial charge in [0, 0.05) is 11.3 Å². The lowest BCUT2D eigenvalue weighted by atomic mass is 9.95. The SMILES string of the molecule is COc1ccccc1NC(=O)C1=C(C)Nc2nc(SCC(=O)c3ccc(C)cc3)nn2C1c1ccccc1. The number of ketones is 1. The van der Waals surface area contributed by atoms with Crippen LogP contribution in [-0.2, 0) is 4.79 Å². The average molecular weight is 526 g/mol. The Balaban J connectivity index is 1.44. The third-order valence-electron chi connectivity index (χ3n) is 6.25. The van der Waals surface area contributed by atoms with Gasteiger partial charge in [-0.3, -0.25) is 9.59 Å². The van der Waals surface area contributed by atoms with Crippen LogP contribution in [0.3, 0.4) is 0 Å². The van der Waals surface area contributed by atoms with Crippen molar-refractivity contribution in [1.29, 1.82) is 0 Å². The molecule has 5 rings (SSSR count). The van der Waals surface area contributed by atoms with Crippen LogP contribution >= 0.6 is 11.8 Å². The van der Waals surface area contributed by atoms with Gasteiger partial charge >= 0.3 is 0 Å². The topological polar surface area (TPSA) is 98.1 Å². The second-order valence-corrected chi connectivity index (χ2v) is 9.81. The van der Waals surface area contributed by atoms with Gasteiger partial charge in [-0.2, -0.15) is 4.98 Å². The Morgan fingerprint density at radius 2 is 1.71 bits per heavy atom. The van der Waals surface area contributed by atoms with Crippen LogP contribution in [0.4, 0.5) is 11.6 Å². The summed E-state index contributed by atoms with van der Waals surface area (Å²) in [5, 5.41) is 11.4. The van der Waals surface area contributed by atoms with E-state index in [2.05, 4.69) is 15.6 Å². The van der Waals surface area contributed by atoms with Gasteiger partial charge in [-0.05, 0) is 31.5 Å². The molecule has 3 aromatic carbocycles. The number of thioether (sulfide) groups is 1. The minimum absolute atomic E-state index is 0.00141. The molecular weight excluding hydrogens is 498 g/mol. The molecule has 1 amide bonds. The number of aryl methyl sites for hydroxylation is 1. The summed E-state index contributed by atoms with van der Waals surface area (Å²) in [6.07, 6.45) is 0. The van der Waals surface area contributed by atoms with Gasteiger partial charge in [0.25, 0.3) is 5.91 Å². The summed E-state index contributed by atoms with van der Waals surface area (Å²) in [4.78, 5) is 31.0. The van der Waals surface area contributed by atoms with Gasteiger partial charge in [0.1, 0.15) is 11.8 Å². The first-order chi connectivity index (χ1) is 18.4. The van der Waals surface area contributed by atoms with Crippen LogP contribution in [0.1, 0.15) is 34.5 Å². The van der Waals surface area contributed by atoms with Crippen molar-refractivity contribution < 1.29 is 14.3 Å². The van der Waals surface area contributed by atoms with E-state index in [-0.39, 0.29) is 17.4 Å². The van der Waals surface area contributed by atoms with E-state index >= 15 is 0 Å². The van der Waals surface area contributed by atoms with Crippen LogP contribution < -0.4 is 15.4 Å². The monoisotopic (exact) mass is 525 g/mol. The highest BCUT2D eigenvalue weighted by Gasteiger charge is 2.34. The second-order valence-electron chi connectivity index (χ2n) is 8.87. The van der Waals surface area contributed by atoms with Crippen LogP contribution in [0, 0.1) is 6.92 Å². The maximum atomic E-state index is 13.7. The number of benzene rings is 3. The van der Waals surface area contributed by atoms with Gasteiger partial charge in [0.05, 0.1) is 24.1 Å². The minimum atomic E-state index is -0.517. The number of nitrogens with one attached hydrogen (secondary N) is 2. The molecule has 2 heterocycles. The van der Waals surface area contributed by atoms with E-state index in [9.17, 15) is 9.59 Å². The summed E-state index contributed by atoms with van der Waals surface area (Å²) >= 11 is 1.27. The quantitative estimate of drug-likeness (QED) is 0.232. The molecule has 1 aromatic heterocycles. The van der Waals surface area contributed by atoms with E-state index in [1.165, 1.54) is 11.8 Å². The molecule has 192 valence electrons. The summed E-state index contributed by atoms with van der Waals surface area (Å²) < 4.78 is 7.12. The fourth-order valence-corrected chi connectivity index (χ4v) is 5.04. The molecule has 1 aliphatic rings. The Labute approximate surface area is 225 Å². The normalized spacial score (nSPS) is 14.4. The van der Waals surface area contributed by atoms with Crippen molar-refractivity contribution in [2.75, 3.05) is 23.5 Å². The first-order valence-electron chi connectivity index (χ1n) is 12.1. The number of methoxy groups -OCH3 is 1. The van der Waals surface area contributed by atoms with E-state index < -0.39 is 6.04 Å². The zero-order valence-electron chi connectivity index (χ0n) is 21.3. The first-order valence-corrected chi connectivity index (χ1v) is 13.1. The lowest BCUT2D eigenvalue weighted by Crippen LogP contribution is -2.31. The van der Waals surface area contributed by atoms with Gasteiger partial charge < -0.3 is 15.4 Å². The van der Waals surface area contributed by atoms with E-state index in [4.69, 9.17) is 9.84 Å². The molecule has 1 unspecified atom stereocenters. The standard InChI is InChI=1S/C29H27N5O3S/c1-18-13-15-20(16-14-18)23(35)17-38-29-32-28-30-19(2)25(26(34(28)33-29)21-9-5-4-6-10-21)27(36)31-22-11-7-8-12-24(22)37-3/h4-16,26H,17H2,1-3H3,(H,31,36)(H,30,32,33). The smallest absolute Gasteiger partial charge is 0.255 e. The molecule has 0 spiro atoms. The van der Waals surface area contributed by atoms with Crippen LogP contribution in [0.15, 0.2) is 95.3 Å². The highest BCUT2D eigenvalue weighted by molar-refractivity contribution is 7.99. The number of para-hydroxylation sites is 2. The van der Waals surface area contributed by atoms with Gasteiger partial charge in [-0.15, -0.1) is 5.10 Å². The number of hydrogen-bond donors (Lipinski definition) is 2. The lowest BCUT2D eigenvalue weighted by Gasteiger charge is -2.28. The molecule has 0 fully saturated rings. The molecule has 38 heavy (non-hydrogen) atoms. The molecule has 0 aliphatic carbocycles. The number of hydrogen-bond acceptors (Lipinski definition) is 7. The van der Waals surface area contributed by atoms with Crippen molar-refractivity contribution in [3.63, 3.8) is 0 Å². The van der Waals surface area contributed by atoms with Gasteiger partial charge in [-0.25, -0.2) is 4.68 Å². The summed E-state index contributed by atoms with van der Waals surface area (Å²) in [5.74, 6) is 1.00. The average Bonchev–Trinajstić information content (AvgIpc) is 3.34. The zero-order chi connectivity index (χ0) is 26.6. The van der Waals surface area contributed by atoms with Crippen LogP contribution in [-0.4, -0.2) is 39.3 Å². The molecule has 4 aromatic rings. The highest BCUT2D eigenvalue weighted by Crippen LogP contribution is 2.37. The van der Waals surface area contributed by atoms with Gasteiger partial charge in [0.15, 0.2) is 5.78 Å². The predicted octanol–water partition coefficient (Wildman–Crippen LogP) is 5.50. The molecule has 9 heteroatoms. The van der Waals surface area contributed by atoms with Gasteiger partial charge in [0.2, 0.25) is 11.1 Å². The third kappa shape index (κ3) is 5.19. The van der Waals surface area contributed by atoms with Crippen molar-refractivity contribution in [3.8, 4) is 5.75 Å². The Bertz CT molecular complexity index is 1510. The largest absolute Gasteiger partial charge is 0.495 e. The Hall–Kier alpha value is -4.37. The third-order valence-corrected chi connectivity index (χ3v) is 7.09. The number of Topliss-reactive ketones (excluding diaryl/α,β-unsaturated/α-hetero) is 1. The number of aromatic nitrogens is 3. The number of carbonyl (C=O) groups is 2. The van der Waals surface area contributed by atoms with Crippen molar-refractivity contribution in [3.05, 3.63) is 107 Å². The summed E-state index contributed by atoms with van der Waals surface area (Å²) in [6, 6.07) is 23.9. The van der Waals surface area contributed by atoms with E-state index in [1.807, 2.05) is 80.6 Å². The number of ether oxygens (including phenoxy) is 1. The summed E-state index contributed by atoms with van der Waals surface area (Å²) in [5.41, 5.74) is 4.38. The molecule has 1 aliphatic heterocycles. The Morgan fingerprint density at radius 1 is 1.00 bits per heavy atom. The maximum Gasteiger partial charge on any atom is 0.255 e. The number of allylic oxidation sites excluding steroid dienone is 1. The fraction of sp³-hybridized carbons (Fsp3) is 0.172. The van der Waals surface area contributed by atoms with E-state index in [0.29, 0.717) is 39.4 Å². The maximum absolute atomic E-state index is 13.7. The predicted molar refractivity (Wildman–Crippen MR) is 149 cm³/mol. The van der Waals surface area contributed by atoms with Crippen LogP contribution in [0.25, 0.3) is 0 Å².